The second-order valence-corrected chi connectivity index (χ2v) is 5.95. The van der Waals surface area contributed by atoms with Crippen LogP contribution in [0.1, 0.15) is 56.1 Å². The Morgan fingerprint density at radius 3 is 2.65 bits per heavy atom. The highest BCUT2D eigenvalue weighted by atomic mass is 16.5. The van der Waals surface area contributed by atoms with E-state index in [1.807, 2.05) is 12.1 Å². The number of aliphatic hydroxyl groups excluding tert-OH is 1. The summed E-state index contributed by atoms with van der Waals surface area (Å²) in [5.41, 5.74) is 3.70. The third-order valence-electron chi connectivity index (χ3n) is 3.58. The zero-order chi connectivity index (χ0) is 12.6. The molecule has 0 radical (unpaired) electrons. The van der Waals surface area contributed by atoms with Gasteiger partial charge in [-0.3, -0.25) is 0 Å². The standard InChI is InChI=1S/C15H22O2/c1-15(2,3)14(17-4)12-7-5-6-11-10(12)8-9-13(11)16/h5-7,13-14,16H,8-9H2,1-4H3/t13?,14-/m1/s1. The van der Waals surface area contributed by atoms with Gasteiger partial charge < -0.3 is 9.84 Å². The van der Waals surface area contributed by atoms with E-state index in [0.29, 0.717) is 0 Å². The SMILES string of the molecule is CO[C@H](c1cccc2c1CCC2O)C(C)(C)C. The summed E-state index contributed by atoms with van der Waals surface area (Å²) >= 11 is 0. The number of hydrogen-bond acceptors (Lipinski definition) is 2. The second kappa shape index (κ2) is 4.43. The summed E-state index contributed by atoms with van der Waals surface area (Å²) in [7, 11) is 1.76. The number of fused-ring (bicyclic) bond motifs is 1. The molecule has 0 fully saturated rings. The van der Waals surface area contributed by atoms with Crippen molar-refractivity contribution < 1.29 is 9.84 Å². The number of rotatable bonds is 2. The van der Waals surface area contributed by atoms with Gasteiger partial charge in [0.2, 0.25) is 0 Å². The minimum Gasteiger partial charge on any atom is -0.388 e. The van der Waals surface area contributed by atoms with Crippen LogP contribution in [-0.2, 0) is 11.2 Å². The van der Waals surface area contributed by atoms with Crippen molar-refractivity contribution in [1.29, 1.82) is 0 Å². The van der Waals surface area contributed by atoms with E-state index in [1.54, 1.807) is 7.11 Å². The summed E-state index contributed by atoms with van der Waals surface area (Å²) < 4.78 is 5.68. The van der Waals surface area contributed by atoms with E-state index >= 15 is 0 Å². The van der Waals surface area contributed by atoms with Crippen LogP contribution in [-0.4, -0.2) is 12.2 Å². The maximum Gasteiger partial charge on any atom is 0.0872 e. The lowest BCUT2D eigenvalue weighted by Gasteiger charge is -2.31. The maximum absolute atomic E-state index is 9.92. The van der Waals surface area contributed by atoms with Crippen LogP contribution in [0.4, 0.5) is 0 Å². The van der Waals surface area contributed by atoms with Gasteiger partial charge in [0.05, 0.1) is 12.2 Å². The van der Waals surface area contributed by atoms with Gasteiger partial charge in [0.25, 0.3) is 0 Å². The topological polar surface area (TPSA) is 29.5 Å². The molecule has 2 atom stereocenters. The molecule has 0 saturated carbocycles. The van der Waals surface area contributed by atoms with Gasteiger partial charge in [-0.05, 0) is 34.9 Å². The first kappa shape index (κ1) is 12.6. The van der Waals surface area contributed by atoms with Crippen LogP contribution in [0.2, 0.25) is 0 Å². The van der Waals surface area contributed by atoms with Crippen LogP contribution in [0.3, 0.4) is 0 Å². The Morgan fingerprint density at radius 1 is 1.35 bits per heavy atom. The lowest BCUT2D eigenvalue weighted by Crippen LogP contribution is -2.21. The van der Waals surface area contributed by atoms with Crippen molar-refractivity contribution >= 4 is 0 Å². The van der Waals surface area contributed by atoms with E-state index in [1.165, 1.54) is 11.1 Å². The molecule has 0 amide bonds. The third kappa shape index (κ3) is 2.24. The molecule has 0 heterocycles. The average molecular weight is 234 g/mol. The molecule has 0 saturated heterocycles. The normalized spacial score (nSPS) is 21.4. The highest BCUT2D eigenvalue weighted by Crippen LogP contribution is 2.42. The van der Waals surface area contributed by atoms with Crippen LogP contribution in [0, 0.1) is 5.41 Å². The van der Waals surface area contributed by atoms with Gasteiger partial charge in [0, 0.05) is 7.11 Å². The Morgan fingerprint density at radius 2 is 2.06 bits per heavy atom. The van der Waals surface area contributed by atoms with Crippen molar-refractivity contribution in [3.63, 3.8) is 0 Å². The van der Waals surface area contributed by atoms with Gasteiger partial charge in [0.15, 0.2) is 0 Å². The van der Waals surface area contributed by atoms with E-state index in [2.05, 4.69) is 26.8 Å². The molecule has 1 unspecified atom stereocenters. The molecule has 0 aromatic heterocycles. The summed E-state index contributed by atoms with van der Waals surface area (Å²) in [6.45, 7) is 6.56. The molecule has 1 aliphatic rings. The fourth-order valence-electron chi connectivity index (χ4n) is 2.85. The smallest absolute Gasteiger partial charge is 0.0872 e. The minimum atomic E-state index is -0.289. The van der Waals surface area contributed by atoms with Gasteiger partial charge in [-0.15, -0.1) is 0 Å². The molecular formula is C15H22O2. The number of hydrogen-bond donors (Lipinski definition) is 1. The first-order valence-electron chi connectivity index (χ1n) is 6.27. The molecule has 0 aliphatic heterocycles. The van der Waals surface area contributed by atoms with Crippen molar-refractivity contribution in [3.05, 3.63) is 34.9 Å². The van der Waals surface area contributed by atoms with Gasteiger partial charge in [-0.2, -0.15) is 0 Å². The lowest BCUT2D eigenvalue weighted by molar-refractivity contribution is 0.0146. The molecular weight excluding hydrogens is 212 g/mol. The Balaban J connectivity index is 2.46. The number of ether oxygens (including phenoxy) is 1. The number of methoxy groups -OCH3 is 1. The van der Waals surface area contributed by atoms with E-state index in [0.717, 1.165) is 18.4 Å². The van der Waals surface area contributed by atoms with Crippen molar-refractivity contribution in [2.75, 3.05) is 7.11 Å². The number of benzene rings is 1. The summed E-state index contributed by atoms with van der Waals surface area (Å²) in [5, 5.41) is 9.92. The molecule has 1 aromatic rings. The van der Waals surface area contributed by atoms with Crippen molar-refractivity contribution in [3.8, 4) is 0 Å². The van der Waals surface area contributed by atoms with Crippen LogP contribution >= 0.6 is 0 Å². The van der Waals surface area contributed by atoms with Crippen molar-refractivity contribution in [2.45, 2.75) is 45.8 Å². The molecule has 2 nitrogen and oxygen atoms in total. The average Bonchev–Trinajstić information content (AvgIpc) is 2.61. The van der Waals surface area contributed by atoms with Crippen LogP contribution in [0.15, 0.2) is 18.2 Å². The van der Waals surface area contributed by atoms with E-state index in [9.17, 15) is 5.11 Å². The first-order valence-corrected chi connectivity index (χ1v) is 6.27. The summed E-state index contributed by atoms with van der Waals surface area (Å²) in [6.07, 6.45) is 1.60. The van der Waals surface area contributed by atoms with Crippen LogP contribution in [0.25, 0.3) is 0 Å². The molecule has 0 bridgehead atoms. The molecule has 94 valence electrons. The van der Waals surface area contributed by atoms with E-state index in [4.69, 9.17) is 4.74 Å². The largest absolute Gasteiger partial charge is 0.388 e. The highest BCUT2D eigenvalue weighted by Gasteiger charge is 2.31. The van der Waals surface area contributed by atoms with Crippen molar-refractivity contribution in [2.24, 2.45) is 5.41 Å². The number of aliphatic hydroxyl groups is 1. The van der Waals surface area contributed by atoms with Crippen molar-refractivity contribution in [1.82, 2.24) is 0 Å². The second-order valence-electron chi connectivity index (χ2n) is 5.95. The fourth-order valence-corrected chi connectivity index (χ4v) is 2.85. The minimum absolute atomic E-state index is 0.0669. The molecule has 2 rings (SSSR count). The Kier molecular flexibility index (Phi) is 3.28. The van der Waals surface area contributed by atoms with Gasteiger partial charge >= 0.3 is 0 Å². The zero-order valence-electron chi connectivity index (χ0n) is 11.2. The predicted molar refractivity (Wildman–Crippen MR) is 68.9 cm³/mol. The molecule has 17 heavy (non-hydrogen) atoms. The Hall–Kier alpha value is -0.860. The third-order valence-corrected chi connectivity index (χ3v) is 3.58. The van der Waals surface area contributed by atoms with E-state index < -0.39 is 0 Å². The Labute approximate surface area is 104 Å². The van der Waals surface area contributed by atoms with E-state index in [-0.39, 0.29) is 17.6 Å². The quantitative estimate of drug-likeness (QED) is 0.849. The molecule has 2 heteroatoms. The maximum atomic E-state index is 9.92. The predicted octanol–water partition coefficient (Wildman–Crippen LogP) is 3.40. The zero-order valence-corrected chi connectivity index (χ0v) is 11.2. The van der Waals surface area contributed by atoms with Gasteiger partial charge in [0.1, 0.15) is 0 Å². The van der Waals surface area contributed by atoms with Crippen LogP contribution < -0.4 is 0 Å². The lowest BCUT2D eigenvalue weighted by atomic mass is 9.82. The highest BCUT2D eigenvalue weighted by molar-refractivity contribution is 5.41. The summed E-state index contributed by atoms with van der Waals surface area (Å²) in [6, 6.07) is 6.20. The Bertz CT molecular complexity index is 404. The molecule has 0 spiro atoms. The van der Waals surface area contributed by atoms with Crippen LogP contribution in [0.5, 0.6) is 0 Å². The molecule has 1 N–H and O–H groups in total. The monoisotopic (exact) mass is 234 g/mol. The fraction of sp³-hybridized carbons (Fsp3) is 0.600. The molecule has 1 aromatic carbocycles. The first-order chi connectivity index (χ1) is 7.95. The van der Waals surface area contributed by atoms with Gasteiger partial charge in [-0.25, -0.2) is 0 Å². The summed E-state index contributed by atoms with van der Waals surface area (Å²) in [4.78, 5) is 0. The van der Waals surface area contributed by atoms with Gasteiger partial charge in [-0.1, -0.05) is 39.0 Å². The summed E-state index contributed by atoms with van der Waals surface area (Å²) in [5.74, 6) is 0. The molecule has 1 aliphatic carbocycles.